The number of phenolic OH excluding ortho intramolecular Hbond substituents is 1. The SMILES string of the molecule is C=CCC(CCC)CCCC(CC=C)Cc1ccc(O)cc1. The van der Waals surface area contributed by atoms with Crippen molar-refractivity contribution in [2.24, 2.45) is 11.8 Å². The van der Waals surface area contributed by atoms with Gasteiger partial charge in [0.1, 0.15) is 5.75 Å². The molecule has 1 aromatic rings. The molecule has 22 heavy (non-hydrogen) atoms. The number of benzene rings is 1. The maximum atomic E-state index is 9.37. The van der Waals surface area contributed by atoms with E-state index in [-0.39, 0.29) is 0 Å². The highest BCUT2D eigenvalue weighted by Gasteiger charge is 2.11. The minimum absolute atomic E-state index is 0.343. The van der Waals surface area contributed by atoms with Crippen LogP contribution in [0.5, 0.6) is 5.75 Å². The highest BCUT2D eigenvalue weighted by Crippen LogP contribution is 2.24. The Morgan fingerprint density at radius 3 is 2.14 bits per heavy atom. The third-order valence-corrected chi connectivity index (χ3v) is 4.38. The molecule has 0 bridgehead atoms. The highest BCUT2D eigenvalue weighted by atomic mass is 16.3. The van der Waals surface area contributed by atoms with Crippen molar-refractivity contribution in [1.29, 1.82) is 0 Å². The van der Waals surface area contributed by atoms with Crippen LogP contribution < -0.4 is 0 Å². The van der Waals surface area contributed by atoms with Crippen LogP contribution in [0.4, 0.5) is 0 Å². The van der Waals surface area contributed by atoms with Gasteiger partial charge in [-0.15, -0.1) is 13.2 Å². The molecule has 1 aromatic carbocycles. The Labute approximate surface area is 136 Å². The Bertz CT molecular complexity index is 418. The third kappa shape index (κ3) is 7.49. The Kier molecular flexibility index (Phi) is 9.37. The van der Waals surface area contributed by atoms with Crippen molar-refractivity contribution in [2.75, 3.05) is 0 Å². The topological polar surface area (TPSA) is 20.2 Å². The van der Waals surface area contributed by atoms with E-state index in [0.717, 1.165) is 25.2 Å². The minimum atomic E-state index is 0.343. The molecule has 1 nitrogen and oxygen atoms in total. The number of phenols is 1. The Balaban J connectivity index is 2.44. The lowest BCUT2D eigenvalue weighted by atomic mass is 9.87. The fourth-order valence-electron chi connectivity index (χ4n) is 3.22. The van der Waals surface area contributed by atoms with Gasteiger partial charge in [-0.25, -0.2) is 0 Å². The van der Waals surface area contributed by atoms with E-state index in [1.807, 2.05) is 18.2 Å². The van der Waals surface area contributed by atoms with Crippen LogP contribution in [0.1, 0.15) is 57.4 Å². The van der Waals surface area contributed by atoms with Crippen molar-refractivity contribution in [3.8, 4) is 5.75 Å². The quantitative estimate of drug-likeness (QED) is 0.450. The summed E-state index contributed by atoms with van der Waals surface area (Å²) in [7, 11) is 0. The predicted molar refractivity (Wildman–Crippen MR) is 97.2 cm³/mol. The molecule has 2 unspecified atom stereocenters. The van der Waals surface area contributed by atoms with Gasteiger partial charge in [0.2, 0.25) is 0 Å². The van der Waals surface area contributed by atoms with Crippen LogP contribution in [0.2, 0.25) is 0 Å². The summed E-state index contributed by atoms with van der Waals surface area (Å²) in [5.41, 5.74) is 1.31. The van der Waals surface area contributed by atoms with Gasteiger partial charge in [-0.3, -0.25) is 0 Å². The number of hydrogen-bond donors (Lipinski definition) is 1. The fourth-order valence-corrected chi connectivity index (χ4v) is 3.22. The van der Waals surface area contributed by atoms with Crippen molar-refractivity contribution in [2.45, 2.75) is 58.3 Å². The van der Waals surface area contributed by atoms with E-state index in [4.69, 9.17) is 0 Å². The van der Waals surface area contributed by atoms with Crippen molar-refractivity contribution in [3.05, 3.63) is 55.1 Å². The van der Waals surface area contributed by atoms with Crippen LogP contribution >= 0.6 is 0 Å². The van der Waals surface area contributed by atoms with Gasteiger partial charge in [-0.05, 0) is 55.2 Å². The van der Waals surface area contributed by atoms with Gasteiger partial charge in [0, 0.05) is 0 Å². The van der Waals surface area contributed by atoms with Gasteiger partial charge in [0.25, 0.3) is 0 Å². The summed E-state index contributed by atoms with van der Waals surface area (Å²) in [6, 6.07) is 7.62. The molecule has 1 rings (SSSR count). The van der Waals surface area contributed by atoms with E-state index in [1.165, 1.54) is 37.7 Å². The number of rotatable bonds is 12. The first kappa shape index (κ1) is 18.5. The summed E-state index contributed by atoms with van der Waals surface area (Å²) in [6.07, 6.45) is 13.8. The molecule has 0 fully saturated rings. The van der Waals surface area contributed by atoms with Crippen LogP contribution in [-0.2, 0) is 6.42 Å². The Morgan fingerprint density at radius 2 is 1.55 bits per heavy atom. The standard InChI is InChI=1S/C21H32O/c1-4-8-18(9-5-2)11-7-12-19(10-6-3)17-20-13-15-21(22)16-14-20/h4,6,13-16,18-19,22H,1,3,5,7-12,17H2,2H3. The van der Waals surface area contributed by atoms with Crippen LogP contribution in [0.25, 0.3) is 0 Å². The molecule has 2 atom stereocenters. The maximum absolute atomic E-state index is 9.37. The van der Waals surface area contributed by atoms with E-state index >= 15 is 0 Å². The first-order valence-electron chi connectivity index (χ1n) is 8.69. The molecular formula is C21H32O. The second-order valence-electron chi connectivity index (χ2n) is 6.37. The van der Waals surface area contributed by atoms with Crippen LogP contribution in [0.15, 0.2) is 49.6 Å². The Morgan fingerprint density at radius 1 is 0.955 bits per heavy atom. The zero-order valence-electron chi connectivity index (χ0n) is 14.1. The van der Waals surface area contributed by atoms with Crippen LogP contribution in [0.3, 0.4) is 0 Å². The molecule has 0 amide bonds. The average Bonchev–Trinajstić information content (AvgIpc) is 2.50. The van der Waals surface area contributed by atoms with E-state index in [2.05, 4.69) is 26.2 Å². The van der Waals surface area contributed by atoms with Crippen LogP contribution in [-0.4, -0.2) is 5.11 Å². The number of hydrogen-bond acceptors (Lipinski definition) is 1. The molecule has 0 aliphatic carbocycles. The molecule has 0 aliphatic rings. The van der Waals surface area contributed by atoms with Gasteiger partial charge in [0.05, 0.1) is 0 Å². The molecular weight excluding hydrogens is 268 g/mol. The fraction of sp³-hybridized carbons (Fsp3) is 0.524. The lowest BCUT2D eigenvalue weighted by Crippen LogP contribution is -2.06. The van der Waals surface area contributed by atoms with Crippen molar-refractivity contribution >= 4 is 0 Å². The van der Waals surface area contributed by atoms with E-state index < -0.39 is 0 Å². The minimum Gasteiger partial charge on any atom is -0.508 e. The van der Waals surface area contributed by atoms with E-state index in [9.17, 15) is 5.11 Å². The molecule has 0 saturated heterocycles. The molecule has 1 N–H and O–H groups in total. The molecule has 0 aromatic heterocycles. The van der Waals surface area contributed by atoms with E-state index in [0.29, 0.717) is 11.7 Å². The number of allylic oxidation sites excluding steroid dienone is 2. The van der Waals surface area contributed by atoms with Gasteiger partial charge >= 0.3 is 0 Å². The molecule has 0 heterocycles. The molecule has 1 heteroatoms. The van der Waals surface area contributed by atoms with Gasteiger partial charge < -0.3 is 5.11 Å². The molecule has 0 saturated carbocycles. The first-order chi connectivity index (χ1) is 10.7. The second-order valence-corrected chi connectivity index (χ2v) is 6.37. The summed E-state index contributed by atoms with van der Waals surface area (Å²) >= 11 is 0. The monoisotopic (exact) mass is 300 g/mol. The predicted octanol–water partition coefficient (Wildman–Crippen LogP) is 6.29. The smallest absolute Gasteiger partial charge is 0.115 e. The Hall–Kier alpha value is -1.50. The summed E-state index contributed by atoms with van der Waals surface area (Å²) in [6.45, 7) is 10.1. The van der Waals surface area contributed by atoms with Crippen molar-refractivity contribution in [1.82, 2.24) is 0 Å². The zero-order valence-corrected chi connectivity index (χ0v) is 14.1. The summed E-state index contributed by atoms with van der Waals surface area (Å²) < 4.78 is 0. The maximum Gasteiger partial charge on any atom is 0.115 e. The third-order valence-electron chi connectivity index (χ3n) is 4.38. The summed E-state index contributed by atoms with van der Waals surface area (Å²) in [5.74, 6) is 1.81. The number of aromatic hydroxyl groups is 1. The summed E-state index contributed by atoms with van der Waals surface area (Å²) in [5, 5.41) is 9.37. The highest BCUT2D eigenvalue weighted by molar-refractivity contribution is 5.26. The van der Waals surface area contributed by atoms with Crippen molar-refractivity contribution in [3.63, 3.8) is 0 Å². The average molecular weight is 300 g/mol. The largest absolute Gasteiger partial charge is 0.508 e. The second kappa shape index (κ2) is 11.1. The normalized spacial score (nSPS) is 13.5. The molecule has 122 valence electrons. The zero-order chi connectivity index (χ0) is 16.2. The molecule has 0 radical (unpaired) electrons. The lowest BCUT2D eigenvalue weighted by molar-refractivity contribution is 0.389. The first-order valence-corrected chi connectivity index (χ1v) is 8.69. The van der Waals surface area contributed by atoms with Crippen LogP contribution in [0, 0.1) is 11.8 Å². The van der Waals surface area contributed by atoms with E-state index in [1.54, 1.807) is 12.1 Å². The lowest BCUT2D eigenvalue weighted by Gasteiger charge is -2.18. The van der Waals surface area contributed by atoms with Gasteiger partial charge in [-0.1, -0.05) is 56.9 Å². The molecule has 0 aliphatic heterocycles. The summed E-state index contributed by atoms with van der Waals surface area (Å²) in [4.78, 5) is 0. The van der Waals surface area contributed by atoms with Crippen molar-refractivity contribution < 1.29 is 5.11 Å². The van der Waals surface area contributed by atoms with Gasteiger partial charge in [0.15, 0.2) is 0 Å². The molecule has 0 spiro atoms. The van der Waals surface area contributed by atoms with Gasteiger partial charge in [-0.2, -0.15) is 0 Å².